The van der Waals surface area contributed by atoms with Crippen LogP contribution in [0.2, 0.25) is 0 Å². The summed E-state index contributed by atoms with van der Waals surface area (Å²) >= 11 is 0. The van der Waals surface area contributed by atoms with Crippen molar-refractivity contribution in [2.75, 3.05) is 26.2 Å². The summed E-state index contributed by atoms with van der Waals surface area (Å²) in [6.45, 7) is 9.99. The predicted octanol–water partition coefficient (Wildman–Crippen LogP) is 4.67. The van der Waals surface area contributed by atoms with Crippen molar-refractivity contribution < 1.29 is 14.7 Å². The fourth-order valence-electron chi connectivity index (χ4n) is 5.88. The summed E-state index contributed by atoms with van der Waals surface area (Å²) in [6.07, 6.45) is 7.86. The molecule has 0 radical (unpaired) electrons. The van der Waals surface area contributed by atoms with Gasteiger partial charge in [0.1, 0.15) is 11.5 Å². The Labute approximate surface area is 194 Å². The number of hydrogen-bond acceptors (Lipinski definition) is 4. The number of Topliss-reactive ketones (excluding diaryl/α,β-unsaturated/α-hetero) is 1. The van der Waals surface area contributed by atoms with Crippen molar-refractivity contribution >= 4 is 11.7 Å². The highest BCUT2D eigenvalue weighted by molar-refractivity contribution is 5.99. The van der Waals surface area contributed by atoms with E-state index in [1.165, 1.54) is 24.8 Å². The van der Waals surface area contributed by atoms with Gasteiger partial charge in [-0.05, 0) is 80.6 Å². The zero-order chi connectivity index (χ0) is 23.1. The number of likely N-dealkylation sites (tertiary alicyclic amines) is 1. The molecule has 1 aliphatic heterocycles. The number of rotatable bonds is 9. The average Bonchev–Trinajstić information content (AvgIpc) is 2.77. The van der Waals surface area contributed by atoms with E-state index in [4.69, 9.17) is 0 Å². The minimum Gasteiger partial charge on any atom is -0.508 e. The molecule has 3 atom stereocenters. The third-order valence-electron chi connectivity index (χ3n) is 8.17. The summed E-state index contributed by atoms with van der Waals surface area (Å²) < 4.78 is 0. The van der Waals surface area contributed by atoms with Crippen LogP contribution in [0, 0.1) is 17.8 Å². The first-order valence-electron chi connectivity index (χ1n) is 12.6. The SMILES string of the molecule is CCNC(=O)CC(=O)C(CCN1CCC(C)(c2cccc(O)c2)C(C)C1)C1CCCCC1. The van der Waals surface area contributed by atoms with Gasteiger partial charge in [0.25, 0.3) is 0 Å². The number of nitrogens with zero attached hydrogens (tertiary/aromatic N) is 1. The number of nitrogens with one attached hydrogen (secondary N) is 1. The summed E-state index contributed by atoms with van der Waals surface area (Å²) in [5.74, 6) is 1.24. The van der Waals surface area contributed by atoms with Gasteiger partial charge in [0.15, 0.2) is 0 Å². The van der Waals surface area contributed by atoms with E-state index in [0.717, 1.165) is 45.3 Å². The van der Waals surface area contributed by atoms with E-state index in [0.29, 0.717) is 24.1 Å². The van der Waals surface area contributed by atoms with Gasteiger partial charge >= 0.3 is 0 Å². The third-order valence-corrected chi connectivity index (χ3v) is 8.17. The number of amides is 1. The second-order valence-electron chi connectivity index (χ2n) is 10.3. The van der Waals surface area contributed by atoms with E-state index in [2.05, 4.69) is 30.1 Å². The summed E-state index contributed by atoms with van der Waals surface area (Å²) in [7, 11) is 0. The summed E-state index contributed by atoms with van der Waals surface area (Å²) in [5.41, 5.74) is 1.26. The van der Waals surface area contributed by atoms with E-state index < -0.39 is 0 Å². The van der Waals surface area contributed by atoms with Gasteiger partial charge in [-0.3, -0.25) is 9.59 Å². The number of piperidine rings is 1. The average molecular weight is 443 g/mol. The van der Waals surface area contributed by atoms with Gasteiger partial charge in [0.2, 0.25) is 5.91 Å². The minimum absolute atomic E-state index is 0.00703. The van der Waals surface area contributed by atoms with E-state index in [9.17, 15) is 14.7 Å². The highest BCUT2D eigenvalue weighted by atomic mass is 16.3. The van der Waals surface area contributed by atoms with Crippen LogP contribution in [0.3, 0.4) is 0 Å². The van der Waals surface area contributed by atoms with Gasteiger partial charge in [-0.2, -0.15) is 0 Å². The molecular formula is C27H42N2O3. The first-order valence-corrected chi connectivity index (χ1v) is 12.6. The zero-order valence-corrected chi connectivity index (χ0v) is 20.2. The van der Waals surface area contributed by atoms with Crippen molar-refractivity contribution in [2.24, 2.45) is 17.8 Å². The molecule has 5 nitrogen and oxygen atoms in total. The van der Waals surface area contributed by atoms with Gasteiger partial charge < -0.3 is 15.3 Å². The molecule has 1 aromatic rings. The molecule has 0 aromatic heterocycles. The lowest BCUT2D eigenvalue weighted by Gasteiger charge is -2.45. The van der Waals surface area contributed by atoms with E-state index in [1.54, 1.807) is 6.07 Å². The molecule has 1 amide bonds. The van der Waals surface area contributed by atoms with Crippen LogP contribution in [0.5, 0.6) is 5.75 Å². The molecule has 1 saturated carbocycles. The summed E-state index contributed by atoms with van der Waals surface area (Å²) in [4.78, 5) is 27.6. The molecule has 1 aliphatic carbocycles. The lowest BCUT2D eigenvalue weighted by atomic mass is 9.68. The molecule has 32 heavy (non-hydrogen) atoms. The lowest BCUT2D eigenvalue weighted by molar-refractivity contribution is -0.131. The molecule has 2 aliphatic rings. The van der Waals surface area contributed by atoms with Crippen molar-refractivity contribution in [3.63, 3.8) is 0 Å². The largest absolute Gasteiger partial charge is 0.508 e. The summed E-state index contributed by atoms with van der Waals surface area (Å²) in [6, 6.07) is 7.70. The monoisotopic (exact) mass is 442 g/mol. The van der Waals surface area contributed by atoms with Crippen molar-refractivity contribution in [3.05, 3.63) is 29.8 Å². The van der Waals surface area contributed by atoms with Gasteiger partial charge in [-0.1, -0.05) is 45.2 Å². The maximum Gasteiger partial charge on any atom is 0.227 e. The Balaban J connectivity index is 1.61. The Morgan fingerprint density at radius 3 is 2.66 bits per heavy atom. The molecule has 0 bridgehead atoms. The van der Waals surface area contributed by atoms with Crippen LogP contribution >= 0.6 is 0 Å². The highest BCUT2D eigenvalue weighted by Crippen LogP contribution is 2.41. The Hall–Kier alpha value is -1.88. The predicted molar refractivity (Wildman–Crippen MR) is 129 cm³/mol. The van der Waals surface area contributed by atoms with Gasteiger partial charge in [-0.25, -0.2) is 0 Å². The number of carbonyl (C=O) groups is 2. The fourth-order valence-corrected chi connectivity index (χ4v) is 5.88. The molecule has 178 valence electrons. The number of phenolic OH excluding ortho intramolecular Hbond substituents is 1. The van der Waals surface area contributed by atoms with Crippen LogP contribution in [-0.2, 0) is 15.0 Å². The van der Waals surface area contributed by atoms with Gasteiger partial charge in [-0.15, -0.1) is 0 Å². The second kappa shape index (κ2) is 11.3. The number of phenols is 1. The topological polar surface area (TPSA) is 69.6 Å². The number of aromatic hydroxyl groups is 1. The summed E-state index contributed by atoms with van der Waals surface area (Å²) in [5, 5.41) is 12.7. The van der Waals surface area contributed by atoms with Crippen LogP contribution in [0.25, 0.3) is 0 Å². The first-order chi connectivity index (χ1) is 15.3. The highest BCUT2D eigenvalue weighted by Gasteiger charge is 2.38. The Morgan fingerprint density at radius 1 is 1.25 bits per heavy atom. The third kappa shape index (κ3) is 6.12. The van der Waals surface area contributed by atoms with Crippen LogP contribution in [0.15, 0.2) is 24.3 Å². The maximum absolute atomic E-state index is 13.1. The van der Waals surface area contributed by atoms with Crippen LogP contribution in [0.1, 0.15) is 77.7 Å². The normalized spacial score (nSPS) is 25.9. The maximum atomic E-state index is 13.1. The van der Waals surface area contributed by atoms with E-state index >= 15 is 0 Å². The number of benzene rings is 1. The molecule has 3 rings (SSSR count). The van der Waals surface area contributed by atoms with E-state index in [-0.39, 0.29) is 29.4 Å². The van der Waals surface area contributed by atoms with Crippen LogP contribution in [-0.4, -0.2) is 47.9 Å². The van der Waals surface area contributed by atoms with Crippen molar-refractivity contribution in [3.8, 4) is 5.75 Å². The second-order valence-corrected chi connectivity index (χ2v) is 10.3. The number of carbonyl (C=O) groups excluding carboxylic acids is 2. The molecular weight excluding hydrogens is 400 g/mol. The fraction of sp³-hybridized carbons (Fsp3) is 0.704. The molecule has 2 fully saturated rings. The zero-order valence-electron chi connectivity index (χ0n) is 20.2. The lowest BCUT2D eigenvalue weighted by Crippen LogP contribution is -2.48. The smallest absolute Gasteiger partial charge is 0.227 e. The molecule has 1 heterocycles. The van der Waals surface area contributed by atoms with Crippen molar-refractivity contribution in [2.45, 2.75) is 77.6 Å². The number of hydrogen-bond donors (Lipinski definition) is 2. The quantitative estimate of drug-likeness (QED) is 0.545. The van der Waals surface area contributed by atoms with Gasteiger partial charge in [0, 0.05) is 19.0 Å². The van der Waals surface area contributed by atoms with Crippen molar-refractivity contribution in [1.82, 2.24) is 10.2 Å². The van der Waals surface area contributed by atoms with Gasteiger partial charge in [0.05, 0.1) is 6.42 Å². The molecule has 1 saturated heterocycles. The minimum atomic E-state index is -0.133. The number of ketones is 1. The molecule has 2 N–H and O–H groups in total. The van der Waals surface area contributed by atoms with Crippen LogP contribution in [0.4, 0.5) is 0 Å². The van der Waals surface area contributed by atoms with Crippen LogP contribution < -0.4 is 5.32 Å². The molecule has 5 heteroatoms. The Bertz CT molecular complexity index is 774. The Kier molecular flexibility index (Phi) is 8.75. The standard InChI is InChI=1S/C27H42N2O3/c1-4-28-26(32)18-25(31)24(21-9-6-5-7-10-21)13-15-29-16-14-27(3,20(2)19-29)22-11-8-12-23(30)17-22/h8,11-12,17,20-21,24,30H,4-7,9-10,13-16,18-19H2,1-3H3,(H,28,32). The molecule has 0 spiro atoms. The molecule has 1 aromatic carbocycles. The first kappa shape index (κ1) is 24.8. The van der Waals surface area contributed by atoms with E-state index in [1.807, 2.05) is 19.1 Å². The Morgan fingerprint density at radius 2 is 2.00 bits per heavy atom. The van der Waals surface area contributed by atoms with Crippen molar-refractivity contribution in [1.29, 1.82) is 0 Å². The molecule has 3 unspecified atom stereocenters.